The predicted octanol–water partition coefficient (Wildman–Crippen LogP) is 3.13. The molecule has 0 unspecified atom stereocenters. The number of nitrogens with zero attached hydrogens (tertiary/aromatic N) is 3. The van der Waals surface area contributed by atoms with Crippen molar-refractivity contribution in [2.75, 3.05) is 5.73 Å². The molecule has 0 aliphatic heterocycles. The number of benzene rings is 1. The summed E-state index contributed by atoms with van der Waals surface area (Å²) in [5.74, 6) is 1.16. The molecule has 2 heterocycles. The van der Waals surface area contributed by atoms with E-state index in [1.807, 2.05) is 30.6 Å². The second-order valence-electron chi connectivity index (χ2n) is 5.69. The highest BCUT2D eigenvalue weighted by atomic mass is 15.1. The first-order chi connectivity index (χ1) is 10.3. The molecule has 0 spiro atoms. The van der Waals surface area contributed by atoms with Gasteiger partial charge in [0.2, 0.25) is 0 Å². The Morgan fingerprint density at radius 1 is 1.14 bits per heavy atom. The zero-order valence-corrected chi connectivity index (χ0v) is 11.9. The smallest absolute Gasteiger partial charge is 0.110 e. The third kappa shape index (κ3) is 2.27. The molecular weight excluding hydrogens is 260 g/mol. The lowest BCUT2D eigenvalue weighted by Gasteiger charge is -2.08. The van der Waals surface area contributed by atoms with Crippen LogP contribution in [0.4, 0.5) is 5.69 Å². The number of aryl methyl sites for hydroxylation is 2. The Hall–Kier alpha value is -2.36. The molecule has 106 valence electrons. The van der Waals surface area contributed by atoms with Crippen molar-refractivity contribution >= 4 is 16.7 Å². The fraction of sp³-hybridized carbons (Fsp3) is 0.294. The van der Waals surface area contributed by atoms with Crippen LogP contribution in [0, 0.1) is 0 Å². The maximum Gasteiger partial charge on any atom is 0.110 e. The van der Waals surface area contributed by atoms with Gasteiger partial charge in [0, 0.05) is 24.3 Å². The highest BCUT2D eigenvalue weighted by molar-refractivity contribution is 5.75. The summed E-state index contributed by atoms with van der Waals surface area (Å²) in [5, 5.41) is 0. The van der Waals surface area contributed by atoms with Crippen molar-refractivity contribution in [2.45, 2.75) is 31.7 Å². The first kappa shape index (κ1) is 12.4. The van der Waals surface area contributed by atoms with Crippen LogP contribution in [0.15, 0.2) is 42.7 Å². The molecule has 1 aromatic carbocycles. The van der Waals surface area contributed by atoms with Crippen LogP contribution in [-0.2, 0) is 12.8 Å². The largest absolute Gasteiger partial charge is 0.399 e. The number of anilines is 1. The Balaban J connectivity index is 1.67. The Morgan fingerprint density at radius 2 is 2.00 bits per heavy atom. The lowest BCUT2D eigenvalue weighted by atomic mass is 10.1. The van der Waals surface area contributed by atoms with Gasteiger partial charge >= 0.3 is 0 Å². The van der Waals surface area contributed by atoms with Crippen LogP contribution in [-0.4, -0.2) is 14.5 Å². The van der Waals surface area contributed by atoms with E-state index >= 15 is 0 Å². The Kier molecular flexibility index (Phi) is 2.88. The Labute approximate surface area is 123 Å². The first-order valence-corrected chi connectivity index (χ1v) is 7.47. The third-order valence-corrected chi connectivity index (χ3v) is 4.15. The van der Waals surface area contributed by atoms with Crippen molar-refractivity contribution in [2.24, 2.45) is 0 Å². The van der Waals surface area contributed by atoms with Gasteiger partial charge in [0.05, 0.1) is 11.7 Å². The molecule has 21 heavy (non-hydrogen) atoms. The summed E-state index contributed by atoms with van der Waals surface area (Å²) < 4.78 is 2.40. The van der Waals surface area contributed by atoms with Crippen LogP contribution in [0.3, 0.4) is 0 Å². The van der Waals surface area contributed by atoms with Gasteiger partial charge < -0.3 is 10.3 Å². The molecule has 0 saturated heterocycles. The second-order valence-corrected chi connectivity index (χ2v) is 5.69. The number of rotatable bonds is 4. The zero-order chi connectivity index (χ0) is 14.2. The number of pyridine rings is 1. The van der Waals surface area contributed by atoms with Gasteiger partial charge in [-0.1, -0.05) is 18.2 Å². The van der Waals surface area contributed by atoms with E-state index < -0.39 is 0 Å². The van der Waals surface area contributed by atoms with Gasteiger partial charge in [-0.25, -0.2) is 4.98 Å². The van der Waals surface area contributed by atoms with Crippen molar-refractivity contribution in [3.63, 3.8) is 0 Å². The second kappa shape index (κ2) is 4.88. The molecule has 1 saturated carbocycles. The maximum atomic E-state index is 6.03. The van der Waals surface area contributed by atoms with Crippen LogP contribution >= 0.6 is 0 Å². The van der Waals surface area contributed by atoms with Crippen molar-refractivity contribution < 1.29 is 0 Å². The summed E-state index contributed by atoms with van der Waals surface area (Å²) in [4.78, 5) is 8.96. The molecule has 1 aliphatic rings. The molecule has 0 bridgehead atoms. The SMILES string of the molecule is Nc1ccccc1CCc1nc2cnccc2n1C1CC1. The molecule has 0 atom stereocenters. The summed E-state index contributed by atoms with van der Waals surface area (Å²) in [6, 6.07) is 10.8. The highest BCUT2D eigenvalue weighted by Gasteiger charge is 2.27. The van der Waals surface area contributed by atoms with Gasteiger partial charge in [-0.3, -0.25) is 4.98 Å². The number of imidazole rings is 1. The minimum absolute atomic E-state index is 0.625. The van der Waals surface area contributed by atoms with Gasteiger partial charge in [0.25, 0.3) is 0 Å². The molecule has 4 nitrogen and oxygen atoms in total. The monoisotopic (exact) mass is 278 g/mol. The summed E-state index contributed by atoms with van der Waals surface area (Å²) in [5.41, 5.74) is 10.3. The van der Waals surface area contributed by atoms with E-state index in [0.717, 1.165) is 29.9 Å². The number of nitrogens with two attached hydrogens (primary N) is 1. The van der Waals surface area contributed by atoms with Gasteiger partial charge in [-0.05, 0) is 37.0 Å². The van der Waals surface area contributed by atoms with Crippen LogP contribution in [0.5, 0.6) is 0 Å². The lowest BCUT2D eigenvalue weighted by Crippen LogP contribution is -2.04. The molecule has 0 amide bonds. The average Bonchev–Trinajstić information content (AvgIpc) is 3.27. The molecule has 3 aromatic rings. The fourth-order valence-corrected chi connectivity index (χ4v) is 2.93. The lowest BCUT2D eigenvalue weighted by molar-refractivity contribution is 0.692. The van der Waals surface area contributed by atoms with Crippen molar-refractivity contribution in [3.05, 3.63) is 54.1 Å². The van der Waals surface area contributed by atoms with E-state index in [4.69, 9.17) is 10.7 Å². The topological polar surface area (TPSA) is 56.7 Å². The zero-order valence-electron chi connectivity index (χ0n) is 11.9. The molecule has 2 aromatic heterocycles. The fourth-order valence-electron chi connectivity index (χ4n) is 2.93. The number of aromatic nitrogens is 3. The molecule has 4 rings (SSSR count). The van der Waals surface area contributed by atoms with E-state index in [0.29, 0.717) is 6.04 Å². The number of para-hydroxylation sites is 1. The quantitative estimate of drug-likeness (QED) is 0.746. The maximum absolute atomic E-state index is 6.03. The van der Waals surface area contributed by atoms with Crippen LogP contribution in [0.25, 0.3) is 11.0 Å². The van der Waals surface area contributed by atoms with Crippen LogP contribution < -0.4 is 5.73 Å². The van der Waals surface area contributed by atoms with Crippen molar-refractivity contribution in [3.8, 4) is 0 Å². The van der Waals surface area contributed by atoms with Gasteiger partial charge in [-0.15, -0.1) is 0 Å². The van der Waals surface area contributed by atoms with Gasteiger partial charge in [0.1, 0.15) is 11.3 Å². The number of fused-ring (bicyclic) bond motifs is 1. The summed E-state index contributed by atoms with van der Waals surface area (Å²) >= 11 is 0. The standard InChI is InChI=1S/C17H18N4/c18-14-4-2-1-3-12(14)5-8-17-20-15-11-19-10-9-16(15)21(17)13-6-7-13/h1-4,9-11,13H,5-8,18H2. The van der Waals surface area contributed by atoms with Crippen molar-refractivity contribution in [1.29, 1.82) is 0 Å². The molecule has 1 aliphatic carbocycles. The number of nitrogen functional groups attached to an aromatic ring is 1. The average molecular weight is 278 g/mol. The minimum Gasteiger partial charge on any atom is -0.399 e. The predicted molar refractivity (Wildman–Crippen MR) is 84.1 cm³/mol. The van der Waals surface area contributed by atoms with E-state index in [2.05, 4.69) is 21.7 Å². The normalized spacial score (nSPS) is 14.7. The minimum atomic E-state index is 0.625. The molecule has 0 radical (unpaired) electrons. The summed E-state index contributed by atoms with van der Waals surface area (Å²) in [7, 11) is 0. The van der Waals surface area contributed by atoms with E-state index in [1.54, 1.807) is 0 Å². The van der Waals surface area contributed by atoms with E-state index in [9.17, 15) is 0 Å². The number of hydrogen-bond acceptors (Lipinski definition) is 3. The summed E-state index contributed by atoms with van der Waals surface area (Å²) in [6.45, 7) is 0. The molecule has 2 N–H and O–H groups in total. The molecular formula is C17H18N4. The third-order valence-electron chi connectivity index (χ3n) is 4.15. The van der Waals surface area contributed by atoms with Crippen LogP contribution in [0.2, 0.25) is 0 Å². The summed E-state index contributed by atoms with van der Waals surface area (Å²) in [6.07, 6.45) is 8.06. The molecule has 1 fully saturated rings. The number of hydrogen-bond donors (Lipinski definition) is 1. The van der Waals surface area contributed by atoms with E-state index in [1.165, 1.54) is 23.9 Å². The molecule has 4 heteroatoms. The van der Waals surface area contributed by atoms with Gasteiger partial charge in [0.15, 0.2) is 0 Å². The Morgan fingerprint density at radius 3 is 2.81 bits per heavy atom. The van der Waals surface area contributed by atoms with Crippen molar-refractivity contribution in [1.82, 2.24) is 14.5 Å². The van der Waals surface area contributed by atoms with Crippen LogP contribution in [0.1, 0.15) is 30.3 Å². The Bertz CT molecular complexity index is 786. The first-order valence-electron chi connectivity index (χ1n) is 7.47. The highest BCUT2D eigenvalue weighted by Crippen LogP contribution is 2.38. The van der Waals surface area contributed by atoms with E-state index in [-0.39, 0.29) is 0 Å². The van der Waals surface area contributed by atoms with Gasteiger partial charge in [-0.2, -0.15) is 0 Å².